The van der Waals surface area contributed by atoms with E-state index < -0.39 is 0 Å². The van der Waals surface area contributed by atoms with Gasteiger partial charge in [0.05, 0.1) is 0 Å². The van der Waals surface area contributed by atoms with Gasteiger partial charge in [-0.2, -0.15) is 12.6 Å². The van der Waals surface area contributed by atoms with Crippen molar-refractivity contribution in [2.45, 2.75) is 58.8 Å². The van der Waals surface area contributed by atoms with Crippen LogP contribution in [0.15, 0.2) is 0 Å². The van der Waals surface area contributed by atoms with E-state index in [4.69, 9.17) is 0 Å². The predicted octanol–water partition coefficient (Wildman–Crippen LogP) is 4.30. The number of thiol groups is 1. The lowest BCUT2D eigenvalue weighted by Gasteiger charge is -2.14. The van der Waals surface area contributed by atoms with Gasteiger partial charge in [0.1, 0.15) is 0 Å². The van der Waals surface area contributed by atoms with Crippen LogP contribution in [-0.4, -0.2) is 5.75 Å². The molecule has 0 N–H and O–H groups in total. The summed E-state index contributed by atoms with van der Waals surface area (Å²) in [6, 6.07) is 0. The smallest absolute Gasteiger partial charge is 0.00978 e. The van der Waals surface area contributed by atoms with Crippen molar-refractivity contribution in [1.29, 1.82) is 0 Å². The average molecular weight is 188 g/mol. The van der Waals surface area contributed by atoms with Crippen molar-refractivity contribution in [3.05, 3.63) is 0 Å². The fourth-order valence-corrected chi connectivity index (χ4v) is 1.90. The summed E-state index contributed by atoms with van der Waals surface area (Å²) < 4.78 is 0. The molecular weight excluding hydrogens is 164 g/mol. The molecule has 1 heteroatoms. The number of unbranched alkanes of at least 4 members (excludes halogenated alkanes) is 1. The lowest BCUT2D eigenvalue weighted by atomic mass is 9.93. The Morgan fingerprint density at radius 1 is 0.917 bits per heavy atom. The van der Waals surface area contributed by atoms with Gasteiger partial charge in [-0.25, -0.2) is 0 Å². The maximum Gasteiger partial charge on any atom is -0.00978 e. The van der Waals surface area contributed by atoms with Crippen molar-refractivity contribution < 1.29 is 0 Å². The standard InChI is InChI=1S/C11H24S/c1-3-5-8-11(7-4-2)9-6-10-12/h11-12H,3-10H2,1-2H3. The molecule has 0 aromatic heterocycles. The largest absolute Gasteiger partial charge is 0.179 e. The molecule has 0 aromatic carbocycles. The zero-order valence-electron chi connectivity index (χ0n) is 8.68. The van der Waals surface area contributed by atoms with Crippen molar-refractivity contribution in [3.8, 4) is 0 Å². The SMILES string of the molecule is CCCCC(CCC)CCCS. The molecule has 0 bridgehead atoms. The van der Waals surface area contributed by atoms with Crippen LogP contribution in [0.25, 0.3) is 0 Å². The number of rotatable bonds is 8. The Labute approximate surface area is 83.5 Å². The second-order valence-electron chi connectivity index (χ2n) is 3.66. The minimum Gasteiger partial charge on any atom is -0.179 e. The van der Waals surface area contributed by atoms with Crippen LogP contribution < -0.4 is 0 Å². The molecule has 1 unspecified atom stereocenters. The van der Waals surface area contributed by atoms with E-state index in [1.54, 1.807) is 0 Å². The van der Waals surface area contributed by atoms with E-state index in [0.29, 0.717) is 0 Å². The van der Waals surface area contributed by atoms with Crippen molar-refractivity contribution in [1.82, 2.24) is 0 Å². The second-order valence-corrected chi connectivity index (χ2v) is 4.11. The Kier molecular flexibility index (Phi) is 9.71. The van der Waals surface area contributed by atoms with E-state index in [0.717, 1.165) is 11.7 Å². The average Bonchev–Trinajstić information content (AvgIpc) is 2.10. The Hall–Kier alpha value is 0.350. The van der Waals surface area contributed by atoms with Crippen molar-refractivity contribution in [2.24, 2.45) is 5.92 Å². The maximum absolute atomic E-state index is 4.25. The molecular formula is C11H24S. The molecule has 0 saturated carbocycles. The first-order valence-corrected chi connectivity index (χ1v) is 6.09. The molecule has 0 aliphatic heterocycles. The number of hydrogen-bond acceptors (Lipinski definition) is 1. The summed E-state index contributed by atoms with van der Waals surface area (Å²) in [5, 5.41) is 0. The lowest BCUT2D eigenvalue weighted by Crippen LogP contribution is -2.00. The third kappa shape index (κ3) is 7.02. The Balaban J connectivity index is 3.40. The van der Waals surface area contributed by atoms with Gasteiger partial charge >= 0.3 is 0 Å². The molecule has 0 aliphatic carbocycles. The fraction of sp³-hybridized carbons (Fsp3) is 1.00. The summed E-state index contributed by atoms with van der Waals surface area (Å²) in [7, 11) is 0. The molecule has 0 nitrogen and oxygen atoms in total. The van der Waals surface area contributed by atoms with Crippen LogP contribution in [-0.2, 0) is 0 Å². The highest BCUT2D eigenvalue weighted by molar-refractivity contribution is 7.80. The Morgan fingerprint density at radius 3 is 2.08 bits per heavy atom. The zero-order valence-corrected chi connectivity index (χ0v) is 9.58. The topological polar surface area (TPSA) is 0 Å². The first-order valence-electron chi connectivity index (χ1n) is 5.46. The molecule has 0 aliphatic rings. The van der Waals surface area contributed by atoms with Crippen LogP contribution in [0.3, 0.4) is 0 Å². The van der Waals surface area contributed by atoms with Gasteiger partial charge in [0.2, 0.25) is 0 Å². The van der Waals surface area contributed by atoms with Gasteiger partial charge in [-0.05, 0) is 24.5 Å². The molecule has 0 heterocycles. The predicted molar refractivity (Wildman–Crippen MR) is 61.0 cm³/mol. The second kappa shape index (κ2) is 9.44. The van der Waals surface area contributed by atoms with Gasteiger partial charge in [-0.15, -0.1) is 0 Å². The number of hydrogen-bond donors (Lipinski definition) is 1. The Morgan fingerprint density at radius 2 is 1.58 bits per heavy atom. The van der Waals surface area contributed by atoms with Gasteiger partial charge in [-0.1, -0.05) is 46.0 Å². The van der Waals surface area contributed by atoms with Gasteiger partial charge in [-0.3, -0.25) is 0 Å². The van der Waals surface area contributed by atoms with E-state index in [2.05, 4.69) is 26.5 Å². The summed E-state index contributed by atoms with van der Waals surface area (Å²) in [5.74, 6) is 2.05. The van der Waals surface area contributed by atoms with Crippen LogP contribution >= 0.6 is 12.6 Å². The fourth-order valence-electron chi connectivity index (χ4n) is 1.71. The summed E-state index contributed by atoms with van der Waals surface area (Å²) in [6.07, 6.45) is 9.68. The van der Waals surface area contributed by atoms with E-state index in [1.807, 2.05) is 0 Å². The summed E-state index contributed by atoms with van der Waals surface area (Å²) in [4.78, 5) is 0. The molecule has 1 atom stereocenters. The highest BCUT2D eigenvalue weighted by Crippen LogP contribution is 2.20. The molecule has 74 valence electrons. The third-order valence-electron chi connectivity index (χ3n) is 2.43. The van der Waals surface area contributed by atoms with Crippen LogP contribution in [0.2, 0.25) is 0 Å². The van der Waals surface area contributed by atoms with E-state index in [9.17, 15) is 0 Å². The first kappa shape index (κ1) is 12.3. The van der Waals surface area contributed by atoms with E-state index >= 15 is 0 Å². The van der Waals surface area contributed by atoms with Gasteiger partial charge in [0, 0.05) is 0 Å². The van der Waals surface area contributed by atoms with Crippen LogP contribution in [0.4, 0.5) is 0 Å². The van der Waals surface area contributed by atoms with E-state index in [1.165, 1.54) is 44.9 Å². The van der Waals surface area contributed by atoms with Gasteiger partial charge in [0.25, 0.3) is 0 Å². The monoisotopic (exact) mass is 188 g/mol. The first-order chi connectivity index (χ1) is 5.85. The molecule has 0 aromatic rings. The summed E-state index contributed by atoms with van der Waals surface area (Å²) >= 11 is 4.25. The van der Waals surface area contributed by atoms with Crippen molar-refractivity contribution >= 4 is 12.6 Å². The van der Waals surface area contributed by atoms with Crippen LogP contribution in [0, 0.1) is 5.92 Å². The molecule has 0 radical (unpaired) electrons. The normalized spacial score (nSPS) is 13.2. The van der Waals surface area contributed by atoms with Gasteiger partial charge < -0.3 is 0 Å². The Bertz CT molecular complexity index is 73.1. The lowest BCUT2D eigenvalue weighted by molar-refractivity contribution is 0.399. The van der Waals surface area contributed by atoms with E-state index in [-0.39, 0.29) is 0 Å². The van der Waals surface area contributed by atoms with Crippen LogP contribution in [0.5, 0.6) is 0 Å². The molecule has 12 heavy (non-hydrogen) atoms. The zero-order chi connectivity index (χ0) is 9.23. The molecule has 0 fully saturated rings. The minimum atomic E-state index is 0.988. The van der Waals surface area contributed by atoms with Crippen LogP contribution in [0.1, 0.15) is 58.8 Å². The summed E-state index contributed by atoms with van der Waals surface area (Å²) in [6.45, 7) is 4.57. The third-order valence-corrected chi connectivity index (χ3v) is 2.75. The van der Waals surface area contributed by atoms with Crippen molar-refractivity contribution in [3.63, 3.8) is 0 Å². The highest BCUT2D eigenvalue weighted by atomic mass is 32.1. The minimum absolute atomic E-state index is 0.988. The molecule has 0 saturated heterocycles. The molecule has 0 amide bonds. The summed E-state index contributed by atoms with van der Waals surface area (Å²) in [5.41, 5.74) is 0. The van der Waals surface area contributed by atoms with Crippen molar-refractivity contribution in [2.75, 3.05) is 5.75 Å². The highest BCUT2D eigenvalue weighted by Gasteiger charge is 2.05. The molecule has 0 rings (SSSR count). The molecule has 0 spiro atoms. The van der Waals surface area contributed by atoms with Gasteiger partial charge in [0.15, 0.2) is 0 Å². The quantitative estimate of drug-likeness (QED) is 0.539. The maximum atomic E-state index is 4.25.